The molecule has 0 aliphatic heterocycles. The van der Waals surface area contributed by atoms with Crippen LogP contribution in [0.5, 0.6) is 0 Å². The Bertz CT molecular complexity index is 140. The van der Waals surface area contributed by atoms with E-state index in [1.54, 1.807) is 20.9 Å². The van der Waals surface area contributed by atoms with Crippen LogP contribution in [-0.4, -0.2) is 30.5 Å². The van der Waals surface area contributed by atoms with Gasteiger partial charge in [-0.05, 0) is 20.3 Å². The van der Waals surface area contributed by atoms with Crippen molar-refractivity contribution in [3.8, 4) is 0 Å². The summed E-state index contributed by atoms with van der Waals surface area (Å²) in [6.45, 7) is 3.52. The molecule has 0 fully saturated rings. The van der Waals surface area contributed by atoms with Crippen LogP contribution in [0.4, 0.5) is 0 Å². The molecule has 0 radical (unpaired) electrons. The van der Waals surface area contributed by atoms with Gasteiger partial charge in [0.15, 0.2) is 5.79 Å². The molecule has 0 aliphatic rings. The lowest BCUT2D eigenvalue weighted by Gasteiger charge is -2.17. The van der Waals surface area contributed by atoms with Crippen molar-refractivity contribution in [3.63, 3.8) is 0 Å². The zero-order valence-corrected chi connectivity index (χ0v) is 7.89. The van der Waals surface area contributed by atoms with E-state index in [1.165, 1.54) is 0 Å². The molecule has 0 saturated heterocycles. The summed E-state index contributed by atoms with van der Waals surface area (Å²) in [6.07, 6.45) is 1.07. The Labute approximate surface area is 72.9 Å². The molecule has 0 aromatic heterocycles. The molecule has 4 nitrogen and oxygen atoms in total. The third kappa shape index (κ3) is 7.50. The molecule has 2 N–H and O–H groups in total. The minimum absolute atomic E-state index is 0.00524. The average molecular weight is 175 g/mol. The molecule has 0 rings (SSSR count). The molecule has 0 aromatic carbocycles. The van der Waals surface area contributed by atoms with Gasteiger partial charge >= 0.3 is 0 Å². The Morgan fingerprint density at radius 2 is 2.17 bits per heavy atom. The second-order valence-corrected chi connectivity index (χ2v) is 3.07. The molecule has 0 atom stereocenters. The third-order valence-electron chi connectivity index (χ3n) is 1.28. The number of amides is 1. The van der Waals surface area contributed by atoms with Crippen molar-refractivity contribution in [2.45, 2.75) is 32.5 Å². The summed E-state index contributed by atoms with van der Waals surface area (Å²) in [7, 11) is 1.60. The van der Waals surface area contributed by atoms with Crippen molar-refractivity contribution >= 4 is 5.91 Å². The van der Waals surface area contributed by atoms with Crippen molar-refractivity contribution in [1.82, 2.24) is 5.32 Å². The Kier molecular flexibility index (Phi) is 4.85. The Hall–Kier alpha value is -0.610. The maximum atomic E-state index is 10.7. The summed E-state index contributed by atoms with van der Waals surface area (Å²) in [5.74, 6) is -1.10. The predicted molar refractivity (Wildman–Crippen MR) is 45.6 cm³/mol. The Morgan fingerprint density at radius 3 is 2.58 bits per heavy atom. The molecular formula is C8H17NO3. The molecular weight excluding hydrogens is 158 g/mol. The summed E-state index contributed by atoms with van der Waals surface area (Å²) in [4.78, 5) is 10.7. The first-order valence-corrected chi connectivity index (χ1v) is 4.02. The molecule has 0 aliphatic carbocycles. The lowest BCUT2D eigenvalue weighted by atomic mass is 10.3. The molecule has 12 heavy (non-hydrogen) atoms. The summed E-state index contributed by atoms with van der Waals surface area (Å²) in [5, 5.41) is 11.6. The highest BCUT2D eigenvalue weighted by Gasteiger charge is 2.11. The lowest BCUT2D eigenvalue weighted by Crippen LogP contribution is -2.24. The highest BCUT2D eigenvalue weighted by Crippen LogP contribution is 2.04. The molecule has 0 aromatic rings. The van der Waals surface area contributed by atoms with E-state index < -0.39 is 5.79 Å². The van der Waals surface area contributed by atoms with Gasteiger partial charge in [0.2, 0.25) is 5.91 Å². The van der Waals surface area contributed by atoms with Crippen LogP contribution in [-0.2, 0) is 9.53 Å². The molecule has 72 valence electrons. The van der Waals surface area contributed by atoms with Gasteiger partial charge in [0, 0.05) is 13.5 Å². The standard InChI is InChI=1S/C8H17NO3/c1-8(2,11)12-6-4-5-7(10)9-3/h11H,4-6H2,1-3H3,(H,9,10). The van der Waals surface area contributed by atoms with E-state index in [0.717, 1.165) is 0 Å². The van der Waals surface area contributed by atoms with Crippen molar-refractivity contribution in [3.05, 3.63) is 0 Å². The second kappa shape index (κ2) is 5.11. The fourth-order valence-corrected chi connectivity index (χ4v) is 0.680. The van der Waals surface area contributed by atoms with Crippen LogP contribution in [0.1, 0.15) is 26.7 Å². The summed E-state index contributed by atoms with van der Waals surface area (Å²) < 4.78 is 5.00. The summed E-state index contributed by atoms with van der Waals surface area (Å²) in [6, 6.07) is 0. The van der Waals surface area contributed by atoms with E-state index >= 15 is 0 Å². The number of nitrogens with one attached hydrogen (secondary N) is 1. The van der Waals surface area contributed by atoms with Gasteiger partial charge in [0.05, 0.1) is 6.61 Å². The first kappa shape index (κ1) is 11.4. The molecule has 0 heterocycles. The number of carbonyl (C=O) groups excluding carboxylic acids is 1. The van der Waals surface area contributed by atoms with Gasteiger partial charge in [0.25, 0.3) is 0 Å². The van der Waals surface area contributed by atoms with Crippen LogP contribution in [0, 0.1) is 0 Å². The van der Waals surface area contributed by atoms with Gasteiger partial charge in [0.1, 0.15) is 0 Å². The number of hydrogen-bond donors (Lipinski definition) is 2. The zero-order valence-electron chi connectivity index (χ0n) is 7.89. The van der Waals surface area contributed by atoms with E-state index in [9.17, 15) is 4.79 Å². The average Bonchev–Trinajstić information content (AvgIpc) is 1.96. The Balaban J connectivity index is 3.28. The first-order valence-electron chi connectivity index (χ1n) is 4.02. The first-order chi connectivity index (χ1) is 5.45. The maximum absolute atomic E-state index is 10.7. The van der Waals surface area contributed by atoms with E-state index in [4.69, 9.17) is 9.84 Å². The highest BCUT2D eigenvalue weighted by atomic mass is 16.6. The lowest BCUT2D eigenvalue weighted by molar-refractivity contribution is -0.176. The van der Waals surface area contributed by atoms with Gasteiger partial charge in [-0.25, -0.2) is 0 Å². The predicted octanol–water partition coefficient (Wildman–Crippen LogP) is 0.258. The van der Waals surface area contributed by atoms with E-state index in [-0.39, 0.29) is 5.91 Å². The van der Waals surface area contributed by atoms with Crippen molar-refractivity contribution in [2.24, 2.45) is 0 Å². The zero-order chi connectivity index (χ0) is 9.61. The van der Waals surface area contributed by atoms with Crippen LogP contribution in [0.3, 0.4) is 0 Å². The number of carbonyl (C=O) groups is 1. The second-order valence-electron chi connectivity index (χ2n) is 3.07. The molecule has 4 heteroatoms. The van der Waals surface area contributed by atoms with Gasteiger partial charge in [-0.3, -0.25) is 4.79 Å². The van der Waals surface area contributed by atoms with E-state index in [0.29, 0.717) is 19.4 Å². The smallest absolute Gasteiger partial charge is 0.219 e. The van der Waals surface area contributed by atoms with Crippen LogP contribution in [0.25, 0.3) is 0 Å². The van der Waals surface area contributed by atoms with Crippen LogP contribution in [0.15, 0.2) is 0 Å². The highest BCUT2D eigenvalue weighted by molar-refractivity contribution is 5.75. The fourth-order valence-electron chi connectivity index (χ4n) is 0.680. The van der Waals surface area contributed by atoms with Gasteiger partial charge in [-0.1, -0.05) is 0 Å². The maximum Gasteiger partial charge on any atom is 0.219 e. The minimum atomic E-state index is -1.09. The van der Waals surface area contributed by atoms with Gasteiger partial charge in [-0.2, -0.15) is 0 Å². The molecule has 1 amide bonds. The third-order valence-corrected chi connectivity index (χ3v) is 1.28. The van der Waals surface area contributed by atoms with Gasteiger partial charge in [-0.15, -0.1) is 0 Å². The number of hydrogen-bond acceptors (Lipinski definition) is 3. The van der Waals surface area contributed by atoms with Crippen LogP contribution < -0.4 is 5.32 Å². The van der Waals surface area contributed by atoms with Crippen LogP contribution >= 0.6 is 0 Å². The van der Waals surface area contributed by atoms with Crippen molar-refractivity contribution < 1.29 is 14.6 Å². The van der Waals surface area contributed by atoms with Crippen LogP contribution in [0.2, 0.25) is 0 Å². The van der Waals surface area contributed by atoms with Gasteiger partial charge < -0.3 is 15.2 Å². The Morgan fingerprint density at radius 1 is 1.58 bits per heavy atom. The SMILES string of the molecule is CNC(=O)CCCOC(C)(C)O. The van der Waals surface area contributed by atoms with E-state index in [2.05, 4.69) is 5.32 Å². The van der Waals surface area contributed by atoms with E-state index in [1.807, 2.05) is 0 Å². The topological polar surface area (TPSA) is 58.6 Å². The van der Waals surface area contributed by atoms with Crippen molar-refractivity contribution in [2.75, 3.05) is 13.7 Å². The quantitative estimate of drug-likeness (QED) is 0.465. The number of aliphatic hydroxyl groups is 1. The normalized spacial score (nSPS) is 11.3. The number of ether oxygens (including phenoxy) is 1. The molecule has 0 bridgehead atoms. The monoisotopic (exact) mass is 175 g/mol. The molecule has 0 unspecified atom stereocenters. The fraction of sp³-hybridized carbons (Fsp3) is 0.875. The molecule has 0 spiro atoms. The summed E-state index contributed by atoms with van der Waals surface area (Å²) >= 11 is 0. The molecule has 0 saturated carbocycles. The summed E-state index contributed by atoms with van der Waals surface area (Å²) in [5.41, 5.74) is 0. The largest absolute Gasteiger partial charge is 0.366 e. The number of rotatable bonds is 5. The van der Waals surface area contributed by atoms with Crippen molar-refractivity contribution in [1.29, 1.82) is 0 Å². The minimum Gasteiger partial charge on any atom is -0.366 e.